The van der Waals surface area contributed by atoms with Crippen molar-refractivity contribution in [1.29, 1.82) is 0 Å². The number of likely N-dealkylation sites (tertiary alicyclic amines) is 1. The molecule has 0 saturated carbocycles. The number of carbonyl (C=O) groups is 1. The summed E-state index contributed by atoms with van der Waals surface area (Å²) in [7, 11) is 2.15. The number of thiazole rings is 1. The van der Waals surface area contributed by atoms with Gasteiger partial charge in [0.15, 0.2) is 0 Å². The van der Waals surface area contributed by atoms with Crippen LogP contribution in [0.15, 0.2) is 60.0 Å². The van der Waals surface area contributed by atoms with Crippen molar-refractivity contribution >= 4 is 17.2 Å². The molecular formula is C24H25N3O2S. The zero-order valence-electron chi connectivity index (χ0n) is 17.0. The fourth-order valence-electron chi connectivity index (χ4n) is 4.40. The molecule has 0 bridgehead atoms. The van der Waals surface area contributed by atoms with Gasteiger partial charge in [0.1, 0.15) is 22.1 Å². The standard InChI is InChI=1S/C24H25N3O2S/c1-27-13-11-24(12-14-27)15-19(18-9-5-6-10-21(18)29-24)25-22(28)20-16-30-23(26-20)17-7-3-2-4-8-17/h2-10,16,19H,11-15H2,1H3,(H,25,28). The smallest absolute Gasteiger partial charge is 0.271 e. The van der Waals surface area contributed by atoms with Crippen LogP contribution >= 0.6 is 11.3 Å². The Balaban J connectivity index is 1.38. The van der Waals surface area contributed by atoms with E-state index in [1.54, 1.807) is 0 Å². The molecule has 5 nitrogen and oxygen atoms in total. The molecule has 3 heterocycles. The molecule has 154 valence electrons. The molecule has 1 fully saturated rings. The second-order valence-electron chi connectivity index (χ2n) is 8.26. The number of fused-ring (bicyclic) bond motifs is 1. The van der Waals surface area contributed by atoms with Gasteiger partial charge in [-0.05, 0) is 26.0 Å². The summed E-state index contributed by atoms with van der Waals surface area (Å²) in [6.45, 7) is 2.02. The number of piperidine rings is 1. The summed E-state index contributed by atoms with van der Waals surface area (Å²) in [6.07, 6.45) is 2.73. The summed E-state index contributed by atoms with van der Waals surface area (Å²) in [5.74, 6) is 0.764. The number of nitrogens with one attached hydrogen (secondary N) is 1. The van der Waals surface area contributed by atoms with Gasteiger partial charge in [0.05, 0.1) is 6.04 Å². The molecule has 2 aliphatic heterocycles. The molecule has 5 rings (SSSR count). The number of para-hydroxylation sites is 1. The Bertz CT molecular complexity index is 1040. The van der Waals surface area contributed by atoms with Crippen molar-refractivity contribution in [2.75, 3.05) is 20.1 Å². The quantitative estimate of drug-likeness (QED) is 0.678. The first kappa shape index (κ1) is 19.3. The summed E-state index contributed by atoms with van der Waals surface area (Å²) >= 11 is 1.50. The van der Waals surface area contributed by atoms with Gasteiger partial charge in [0, 0.05) is 36.0 Å². The lowest BCUT2D eigenvalue weighted by molar-refractivity contribution is -0.0196. The zero-order valence-corrected chi connectivity index (χ0v) is 17.8. The maximum Gasteiger partial charge on any atom is 0.271 e. The number of benzene rings is 2. The molecule has 0 aliphatic carbocycles. The SMILES string of the molecule is CN1CCC2(CC1)CC(NC(=O)c1csc(-c3ccccc3)n1)c1ccccc1O2. The summed E-state index contributed by atoms with van der Waals surface area (Å²) in [5, 5.41) is 5.95. The minimum absolute atomic E-state index is 0.0762. The van der Waals surface area contributed by atoms with Crippen LogP contribution in [0.3, 0.4) is 0 Å². The van der Waals surface area contributed by atoms with Crippen molar-refractivity contribution in [3.8, 4) is 16.3 Å². The number of aromatic nitrogens is 1. The number of amides is 1. The van der Waals surface area contributed by atoms with Gasteiger partial charge in [-0.1, -0.05) is 48.5 Å². The maximum absolute atomic E-state index is 13.1. The lowest BCUT2D eigenvalue weighted by atomic mass is 9.80. The Morgan fingerprint density at radius 2 is 1.87 bits per heavy atom. The van der Waals surface area contributed by atoms with Gasteiger partial charge >= 0.3 is 0 Å². The van der Waals surface area contributed by atoms with Crippen molar-refractivity contribution < 1.29 is 9.53 Å². The van der Waals surface area contributed by atoms with E-state index in [1.807, 2.05) is 53.9 Å². The van der Waals surface area contributed by atoms with Crippen LogP contribution in [0.25, 0.3) is 10.6 Å². The van der Waals surface area contributed by atoms with Crippen molar-refractivity contribution in [1.82, 2.24) is 15.2 Å². The third kappa shape index (κ3) is 3.73. The number of rotatable bonds is 3. The topological polar surface area (TPSA) is 54.5 Å². The number of nitrogens with zero attached hydrogens (tertiary/aromatic N) is 2. The third-order valence-electron chi connectivity index (χ3n) is 6.16. The second-order valence-corrected chi connectivity index (χ2v) is 9.12. The van der Waals surface area contributed by atoms with Crippen molar-refractivity contribution in [2.24, 2.45) is 0 Å². The van der Waals surface area contributed by atoms with E-state index in [0.29, 0.717) is 5.69 Å². The monoisotopic (exact) mass is 419 g/mol. The zero-order chi connectivity index (χ0) is 20.6. The van der Waals surface area contributed by atoms with Crippen LogP contribution in [0.1, 0.15) is 41.4 Å². The van der Waals surface area contributed by atoms with E-state index in [4.69, 9.17) is 4.74 Å². The molecule has 3 aromatic rings. The van der Waals surface area contributed by atoms with E-state index in [2.05, 4.69) is 28.3 Å². The van der Waals surface area contributed by atoms with Gasteiger partial charge in [-0.25, -0.2) is 4.98 Å². The van der Waals surface area contributed by atoms with E-state index in [9.17, 15) is 4.79 Å². The van der Waals surface area contributed by atoms with Gasteiger partial charge in [-0.15, -0.1) is 11.3 Å². The number of carbonyl (C=O) groups excluding carboxylic acids is 1. The average molecular weight is 420 g/mol. The fourth-order valence-corrected chi connectivity index (χ4v) is 5.21. The van der Waals surface area contributed by atoms with Crippen LogP contribution in [-0.2, 0) is 0 Å². The van der Waals surface area contributed by atoms with Crippen LogP contribution < -0.4 is 10.1 Å². The van der Waals surface area contributed by atoms with E-state index < -0.39 is 0 Å². The summed E-state index contributed by atoms with van der Waals surface area (Å²) in [4.78, 5) is 20.0. The Morgan fingerprint density at radius 3 is 2.67 bits per heavy atom. The predicted octanol–water partition coefficient (Wildman–Crippen LogP) is 4.53. The molecular weight excluding hydrogens is 394 g/mol. The molecule has 2 aromatic carbocycles. The minimum atomic E-state index is -0.212. The first-order chi connectivity index (χ1) is 14.6. The van der Waals surface area contributed by atoms with Gasteiger partial charge < -0.3 is 15.0 Å². The first-order valence-corrected chi connectivity index (χ1v) is 11.3. The lowest BCUT2D eigenvalue weighted by Gasteiger charge is -2.46. The highest BCUT2D eigenvalue weighted by Crippen LogP contribution is 2.44. The predicted molar refractivity (Wildman–Crippen MR) is 119 cm³/mol. The molecule has 6 heteroatoms. The van der Waals surface area contributed by atoms with Crippen LogP contribution in [-0.4, -0.2) is 41.5 Å². The number of hydrogen-bond acceptors (Lipinski definition) is 5. The Hall–Kier alpha value is -2.70. The molecule has 30 heavy (non-hydrogen) atoms. The molecule has 2 aliphatic rings. The van der Waals surface area contributed by atoms with Crippen molar-refractivity contribution in [3.05, 3.63) is 71.2 Å². The van der Waals surface area contributed by atoms with Crippen molar-refractivity contribution in [2.45, 2.75) is 30.9 Å². The van der Waals surface area contributed by atoms with Crippen LogP contribution in [0.5, 0.6) is 5.75 Å². The van der Waals surface area contributed by atoms with Crippen LogP contribution in [0.2, 0.25) is 0 Å². The van der Waals surface area contributed by atoms with Gasteiger partial charge in [0.2, 0.25) is 0 Å². The van der Waals surface area contributed by atoms with Gasteiger partial charge in [0.25, 0.3) is 5.91 Å². The third-order valence-corrected chi connectivity index (χ3v) is 7.05. The normalized spacial score (nSPS) is 20.4. The number of ether oxygens (including phenoxy) is 1. The van der Waals surface area contributed by atoms with E-state index in [1.165, 1.54) is 11.3 Å². The molecule has 1 aromatic heterocycles. The second kappa shape index (κ2) is 7.85. The molecule has 1 spiro atoms. The Kier molecular flexibility index (Phi) is 5.05. The molecule has 1 saturated heterocycles. The molecule has 1 atom stereocenters. The van der Waals surface area contributed by atoms with E-state index >= 15 is 0 Å². The van der Waals surface area contributed by atoms with Crippen LogP contribution in [0, 0.1) is 0 Å². The number of hydrogen-bond donors (Lipinski definition) is 1. The summed E-state index contributed by atoms with van der Waals surface area (Å²) in [5.41, 5.74) is 2.34. The van der Waals surface area contributed by atoms with Crippen molar-refractivity contribution in [3.63, 3.8) is 0 Å². The average Bonchev–Trinajstić information content (AvgIpc) is 3.27. The van der Waals surface area contributed by atoms with E-state index in [-0.39, 0.29) is 17.6 Å². The summed E-state index contributed by atoms with van der Waals surface area (Å²) in [6, 6.07) is 18.0. The Morgan fingerprint density at radius 1 is 1.13 bits per heavy atom. The highest BCUT2D eigenvalue weighted by Gasteiger charge is 2.43. The fraction of sp³-hybridized carbons (Fsp3) is 0.333. The summed E-state index contributed by atoms with van der Waals surface area (Å²) < 4.78 is 6.50. The first-order valence-electron chi connectivity index (χ1n) is 10.4. The lowest BCUT2D eigenvalue weighted by Crippen LogP contribution is -2.51. The molecule has 1 amide bonds. The van der Waals surface area contributed by atoms with Gasteiger partial charge in [-0.2, -0.15) is 0 Å². The van der Waals surface area contributed by atoms with E-state index in [0.717, 1.165) is 54.2 Å². The minimum Gasteiger partial charge on any atom is -0.487 e. The highest BCUT2D eigenvalue weighted by atomic mass is 32.1. The Labute approximate surface area is 180 Å². The molecule has 1 unspecified atom stereocenters. The maximum atomic E-state index is 13.1. The van der Waals surface area contributed by atoms with Gasteiger partial charge in [-0.3, -0.25) is 4.79 Å². The molecule has 0 radical (unpaired) electrons. The van der Waals surface area contributed by atoms with Crippen LogP contribution in [0.4, 0.5) is 0 Å². The highest BCUT2D eigenvalue weighted by molar-refractivity contribution is 7.13. The largest absolute Gasteiger partial charge is 0.487 e. The molecule has 1 N–H and O–H groups in total.